The van der Waals surface area contributed by atoms with E-state index in [0.717, 1.165) is 21.1 Å². The lowest BCUT2D eigenvalue weighted by molar-refractivity contribution is -0.143. The molecule has 0 radical (unpaired) electrons. The molecular weight excluding hydrogens is 298 g/mol. The minimum absolute atomic E-state index is 0.0790. The lowest BCUT2D eigenvalue weighted by atomic mass is 10.2. The molecule has 124 valence electrons. The predicted octanol–water partition coefficient (Wildman–Crippen LogP) is 1.29. The first-order chi connectivity index (χ1) is 11.0. The average molecular weight is 319 g/mol. The van der Waals surface area contributed by atoms with Crippen LogP contribution in [0.15, 0.2) is 24.3 Å². The molecule has 0 aromatic heterocycles. The number of urea groups is 1. The number of methoxy groups -OCH3 is 1. The highest BCUT2D eigenvalue weighted by Gasteiger charge is 2.44. The summed E-state index contributed by atoms with van der Waals surface area (Å²) in [5.41, 5.74) is 1.02. The third-order valence-electron chi connectivity index (χ3n) is 3.58. The van der Waals surface area contributed by atoms with Crippen molar-refractivity contribution in [2.24, 2.45) is 0 Å². The second-order valence-electron chi connectivity index (χ2n) is 5.48. The zero-order valence-electron chi connectivity index (χ0n) is 13.6. The van der Waals surface area contributed by atoms with E-state index in [2.05, 4.69) is 0 Å². The van der Waals surface area contributed by atoms with E-state index in [0.29, 0.717) is 13.0 Å². The molecule has 7 nitrogen and oxygen atoms in total. The van der Waals surface area contributed by atoms with E-state index in [1.807, 2.05) is 31.2 Å². The largest absolute Gasteiger partial charge is 0.497 e. The van der Waals surface area contributed by atoms with Gasteiger partial charge in [-0.05, 0) is 31.2 Å². The van der Waals surface area contributed by atoms with Crippen LogP contribution in [-0.2, 0) is 16.1 Å². The van der Waals surface area contributed by atoms with Gasteiger partial charge >= 0.3 is 17.8 Å². The van der Waals surface area contributed by atoms with Crippen molar-refractivity contribution in [3.8, 4) is 5.75 Å². The molecule has 1 aliphatic rings. The molecular formula is C16H21N3O4. The van der Waals surface area contributed by atoms with E-state index in [9.17, 15) is 14.4 Å². The van der Waals surface area contributed by atoms with Crippen molar-refractivity contribution in [1.82, 2.24) is 14.7 Å². The van der Waals surface area contributed by atoms with Gasteiger partial charge in [-0.2, -0.15) is 0 Å². The molecule has 0 unspecified atom stereocenters. The van der Waals surface area contributed by atoms with Gasteiger partial charge in [-0.25, -0.2) is 9.69 Å². The number of hydrogen-bond donors (Lipinski definition) is 0. The Balaban J connectivity index is 1.98. The lowest BCUT2D eigenvalue weighted by Gasteiger charge is -2.22. The molecule has 1 aromatic rings. The molecule has 7 heteroatoms. The molecule has 0 spiro atoms. The van der Waals surface area contributed by atoms with Crippen molar-refractivity contribution < 1.29 is 19.1 Å². The van der Waals surface area contributed by atoms with Crippen LogP contribution in [-0.4, -0.2) is 59.9 Å². The fourth-order valence-corrected chi connectivity index (χ4v) is 2.43. The molecule has 1 heterocycles. The lowest BCUT2D eigenvalue weighted by Crippen LogP contribution is -2.40. The van der Waals surface area contributed by atoms with E-state index >= 15 is 0 Å². The minimum atomic E-state index is -0.759. The molecule has 2 rings (SSSR count). The Hall–Kier alpha value is -2.41. The number of imide groups is 2. The van der Waals surface area contributed by atoms with Gasteiger partial charge in [-0.1, -0.05) is 19.1 Å². The molecule has 1 aliphatic heterocycles. The maximum absolute atomic E-state index is 12.2. The molecule has 1 saturated heterocycles. The second kappa shape index (κ2) is 7.23. The van der Waals surface area contributed by atoms with Crippen LogP contribution in [0.5, 0.6) is 5.75 Å². The van der Waals surface area contributed by atoms with Gasteiger partial charge in [0.2, 0.25) is 0 Å². The summed E-state index contributed by atoms with van der Waals surface area (Å²) in [6.45, 7) is 2.74. The van der Waals surface area contributed by atoms with Crippen LogP contribution in [0.3, 0.4) is 0 Å². The Morgan fingerprint density at radius 2 is 1.65 bits per heavy atom. The Morgan fingerprint density at radius 3 is 2.22 bits per heavy atom. The van der Waals surface area contributed by atoms with Crippen molar-refractivity contribution in [2.75, 3.05) is 27.4 Å². The van der Waals surface area contributed by atoms with Crippen molar-refractivity contribution >= 4 is 17.8 Å². The van der Waals surface area contributed by atoms with Crippen molar-refractivity contribution in [2.45, 2.75) is 19.9 Å². The van der Waals surface area contributed by atoms with E-state index in [1.54, 1.807) is 19.1 Å². The number of nitrogens with zero attached hydrogens (tertiary/aromatic N) is 3. The van der Waals surface area contributed by atoms with Crippen LogP contribution >= 0.6 is 0 Å². The average Bonchev–Trinajstić information content (AvgIpc) is 2.74. The smallest absolute Gasteiger partial charge is 0.335 e. The fourth-order valence-electron chi connectivity index (χ4n) is 2.43. The molecule has 1 fully saturated rings. The van der Waals surface area contributed by atoms with Gasteiger partial charge in [0.15, 0.2) is 0 Å². The molecule has 0 bridgehead atoms. The van der Waals surface area contributed by atoms with Crippen LogP contribution in [0.2, 0.25) is 0 Å². The molecule has 23 heavy (non-hydrogen) atoms. The van der Waals surface area contributed by atoms with Crippen LogP contribution < -0.4 is 4.74 Å². The zero-order valence-corrected chi connectivity index (χ0v) is 13.6. The number of amides is 4. The van der Waals surface area contributed by atoms with Crippen LogP contribution in [0.25, 0.3) is 0 Å². The van der Waals surface area contributed by atoms with Gasteiger partial charge in [-0.3, -0.25) is 19.4 Å². The summed E-state index contributed by atoms with van der Waals surface area (Å²) in [7, 11) is 3.39. The second-order valence-corrected chi connectivity index (χ2v) is 5.48. The van der Waals surface area contributed by atoms with Gasteiger partial charge < -0.3 is 4.74 Å². The molecule has 0 saturated carbocycles. The number of carbonyl (C=O) groups excluding carboxylic acids is 3. The van der Waals surface area contributed by atoms with Crippen molar-refractivity contribution in [1.29, 1.82) is 0 Å². The summed E-state index contributed by atoms with van der Waals surface area (Å²) in [6, 6.07) is 6.99. The summed E-state index contributed by atoms with van der Waals surface area (Å²) < 4.78 is 5.10. The summed E-state index contributed by atoms with van der Waals surface area (Å²) >= 11 is 0. The Morgan fingerprint density at radius 1 is 1.04 bits per heavy atom. The Kier molecular flexibility index (Phi) is 5.33. The van der Waals surface area contributed by atoms with Crippen LogP contribution in [0.1, 0.15) is 18.9 Å². The van der Waals surface area contributed by atoms with E-state index in [4.69, 9.17) is 4.74 Å². The van der Waals surface area contributed by atoms with E-state index in [-0.39, 0.29) is 13.2 Å². The maximum atomic E-state index is 12.2. The van der Waals surface area contributed by atoms with Crippen LogP contribution in [0.4, 0.5) is 4.79 Å². The normalized spacial score (nSPS) is 15.0. The van der Waals surface area contributed by atoms with Crippen LogP contribution in [0, 0.1) is 0 Å². The Bertz CT molecular complexity index is 600. The fraction of sp³-hybridized carbons (Fsp3) is 0.438. The minimum Gasteiger partial charge on any atom is -0.497 e. The number of benzene rings is 1. The third kappa shape index (κ3) is 3.68. The van der Waals surface area contributed by atoms with E-state index in [1.165, 1.54) is 0 Å². The zero-order chi connectivity index (χ0) is 17.0. The van der Waals surface area contributed by atoms with Crippen molar-refractivity contribution in [3.63, 3.8) is 0 Å². The molecule has 0 atom stereocenters. The van der Waals surface area contributed by atoms with Crippen molar-refractivity contribution in [3.05, 3.63) is 29.8 Å². The van der Waals surface area contributed by atoms with Gasteiger partial charge in [0.1, 0.15) is 5.75 Å². The SMILES string of the molecule is CCCN1C(=O)C(=O)N(CN(C)Cc2ccc(OC)cc2)C1=O. The summed E-state index contributed by atoms with van der Waals surface area (Å²) in [5.74, 6) is -0.734. The summed E-state index contributed by atoms with van der Waals surface area (Å²) in [6.07, 6.45) is 0.625. The molecule has 0 N–H and O–H groups in total. The standard InChI is InChI=1S/C16H21N3O4/c1-4-9-18-14(20)15(21)19(16(18)22)11-17(2)10-12-5-7-13(23-3)8-6-12/h5-8H,4,9-11H2,1-3H3. The number of ether oxygens (including phenoxy) is 1. The molecule has 4 amide bonds. The first-order valence-electron chi connectivity index (χ1n) is 7.46. The highest BCUT2D eigenvalue weighted by atomic mass is 16.5. The Labute approximate surface area is 135 Å². The summed E-state index contributed by atoms with van der Waals surface area (Å²) in [4.78, 5) is 39.7. The quantitative estimate of drug-likeness (QED) is 0.559. The maximum Gasteiger partial charge on any atom is 0.335 e. The predicted molar refractivity (Wildman–Crippen MR) is 83.6 cm³/mol. The topological polar surface area (TPSA) is 70.2 Å². The van der Waals surface area contributed by atoms with Gasteiger partial charge in [-0.15, -0.1) is 0 Å². The number of hydrogen-bond acceptors (Lipinski definition) is 5. The first kappa shape index (κ1) is 17.0. The molecule has 0 aliphatic carbocycles. The van der Waals surface area contributed by atoms with E-state index < -0.39 is 17.8 Å². The first-order valence-corrected chi connectivity index (χ1v) is 7.46. The van der Waals surface area contributed by atoms with Gasteiger partial charge in [0, 0.05) is 13.1 Å². The third-order valence-corrected chi connectivity index (χ3v) is 3.58. The highest BCUT2D eigenvalue weighted by Crippen LogP contribution is 2.15. The molecule has 1 aromatic carbocycles. The number of carbonyl (C=O) groups is 3. The summed E-state index contributed by atoms with van der Waals surface area (Å²) in [5, 5.41) is 0. The highest BCUT2D eigenvalue weighted by molar-refractivity contribution is 6.44. The van der Waals surface area contributed by atoms with Gasteiger partial charge in [0.25, 0.3) is 0 Å². The monoisotopic (exact) mass is 319 g/mol. The van der Waals surface area contributed by atoms with Gasteiger partial charge in [0.05, 0.1) is 13.8 Å². The number of rotatable bonds is 7.